The highest BCUT2D eigenvalue weighted by Gasteiger charge is 2.16. The van der Waals surface area contributed by atoms with Gasteiger partial charge in [-0.1, -0.05) is 28.1 Å². The van der Waals surface area contributed by atoms with Crippen LogP contribution in [0.1, 0.15) is 29.7 Å². The summed E-state index contributed by atoms with van der Waals surface area (Å²) in [4.78, 5) is 0. The van der Waals surface area contributed by atoms with E-state index in [0.29, 0.717) is 12.2 Å². The van der Waals surface area contributed by atoms with E-state index in [9.17, 15) is 4.39 Å². The fourth-order valence-electron chi connectivity index (χ4n) is 2.03. The molecule has 0 spiro atoms. The summed E-state index contributed by atoms with van der Waals surface area (Å²) in [5.74, 6) is 0.482. The lowest BCUT2D eigenvalue weighted by molar-refractivity contribution is 0.335. The molecule has 0 radical (unpaired) electrons. The first kappa shape index (κ1) is 15.0. The Kier molecular flexibility index (Phi) is 4.78. The van der Waals surface area contributed by atoms with Crippen molar-refractivity contribution in [2.75, 3.05) is 6.61 Å². The van der Waals surface area contributed by atoms with Crippen molar-refractivity contribution < 1.29 is 9.13 Å². The Labute approximate surface area is 126 Å². The first-order valence-electron chi connectivity index (χ1n) is 6.46. The summed E-state index contributed by atoms with van der Waals surface area (Å²) in [5, 5.41) is 0. The molecule has 2 nitrogen and oxygen atoms in total. The molecule has 0 aliphatic carbocycles. The van der Waals surface area contributed by atoms with Crippen LogP contribution in [0.25, 0.3) is 0 Å². The number of rotatable bonds is 4. The lowest BCUT2D eigenvalue weighted by Gasteiger charge is -2.18. The maximum absolute atomic E-state index is 13.7. The van der Waals surface area contributed by atoms with Gasteiger partial charge in [-0.2, -0.15) is 0 Å². The molecule has 0 saturated heterocycles. The molecule has 0 aliphatic heterocycles. The van der Waals surface area contributed by atoms with Crippen molar-refractivity contribution in [3.63, 3.8) is 0 Å². The Morgan fingerprint density at radius 1 is 1.25 bits per heavy atom. The van der Waals surface area contributed by atoms with Crippen LogP contribution < -0.4 is 10.5 Å². The molecule has 1 atom stereocenters. The van der Waals surface area contributed by atoms with Crippen LogP contribution in [0.15, 0.2) is 40.9 Å². The van der Waals surface area contributed by atoms with Gasteiger partial charge in [0.2, 0.25) is 0 Å². The van der Waals surface area contributed by atoms with Crippen LogP contribution in [0.2, 0.25) is 0 Å². The molecule has 0 fully saturated rings. The third kappa shape index (κ3) is 3.19. The fourth-order valence-corrected chi connectivity index (χ4v) is 2.41. The van der Waals surface area contributed by atoms with E-state index in [1.165, 1.54) is 6.07 Å². The summed E-state index contributed by atoms with van der Waals surface area (Å²) in [6.07, 6.45) is 0. The summed E-state index contributed by atoms with van der Waals surface area (Å²) in [7, 11) is 0. The predicted molar refractivity (Wildman–Crippen MR) is 82.5 cm³/mol. The van der Waals surface area contributed by atoms with Gasteiger partial charge in [-0.15, -0.1) is 0 Å². The number of hydrogen-bond donors (Lipinski definition) is 1. The molecule has 106 valence electrons. The molecule has 2 rings (SSSR count). The third-order valence-electron chi connectivity index (χ3n) is 3.16. The molecule has 0 amide bonds. The van der Waals surface area contributed by atoms with Gasteiger partial charge in [0.1, 0.15) is 11.6 Å². The van der Waals surface area contributed by atoms with Gasteiger partial charge in [-0.3, -0.25) is 0 Å². The van der Waals surface area contributed by atoms with Crippen molar-refractivity contribution in [3.8, 4) is 5.75 Å². The van der Waals surface area contributed by atoms with Gasteiger partial charge in [-0.05, 0) is 49.2 Å². The van der Waals surface area contributed by atoms with Gasteiger partial charge in [-0.25, -0.2) is 4.39 Å². The van der Waals surface area contributed by atoms with E-state index in [2.05, 4.69) is 15.9 Å². The molecular weight excluding hydrogens is 321 g/mol. The summed E-state index contributed by atoms with van der Waals surface area (Å²) in [6, 6.07) is 10.3. The van der Waals surface area contributed by atoms with E-state index in [4.69, 9.17) is 10.5 Å². The molecule has 0 aliphatic rings. The lowest BCUT2D eigenvalue weighted by atomic mass is 9.97. The SMILES string of the molecule is CCOc1ccc(Br)cc1C(N)c1ccc(C)c(F)c1. The zero-order chi connectivity index (χ0) is 14.7. The Balaban J connectivity index is 2.43. The number of halogens is 2. The van der Waals surface area contributed by atoms with Crippen molar-refractivity contribution >= 4 is 15.9 Å². The van der Waals surface area contributed by atoms with Gasteiger partial charge < -0.3 is 10.5 Å². The van der Waals surface area contributed by atoms with Gasteiger partial charge in [0.15, 0.2) is 0 Å². The molecule has 2 aromatic carbocycles. The summed E-state index contributed by atoms with van der Waals surface area (Å²) >= 11 is 3.43. The largest absolute Gasteiger partial charge is 0.494 e. The minimum Gasteiger partial charge on any atom is -0.494 e. The van der Waals surface area contributed by atoms with E-state index < -0.39 is 6.04 Å². The maximum Gasteiger partial charge on any atom is 0.126 e. The van der Waals surface area contributed by atoms with Crippen LogP contribution in [0.4, 0.5) is 4.39 Å². The second kappa shape index (κ2) is 6.37. The van der Waals surface area contributed by atoms with Crippen molar-refractivity contribution in [1.82, 2.24) is 0 Å². The van der Waals surface area contributed by atoms with Crippen LogP contribution >= 0.6 is 15.9 Å². The average molecular weight is 338 g/mol. The second-order valence-corrected chi connectivity index (χ2v) is 5.52. The summed E-state index contributed by atoms with van der Waals surface area (Å²) in [5.41, 5.74) is 8.45. The Morgan fingerprint density at radius 3 is 2.65 bits per heavy atom. The molecular formula is C16H17BrFNO. The van der Waals surface area contributed by atoms with Crippen molar-refractivity contribution in [3.05, 3.63) is 63.4 Å². The minimum absolute atomic E-state index is 0.245. The van der Waals surface area contributed by atoms with Crippen LogP contribution in [-0.4, -0.2) is 6.61 Å². The number of benzene rings is 2. The van der Waals surface area contributed by atoms with Crippen LogP contribution in [-0.2, 0) is 0 Å². The summed E-state index contributed by atoms with van der Waals surface area (Å²) in [6.45, 7) is 4.21. The highest BCUT2D eigenvalue weighted by molar-refractivity contribution is 9.10. The van der Waals surface area contributed by atoms with Crippen molar-refractivity contribution in [2.24, 2.45) is 5.73 Å². The van der Waals surface area contributed by atoms with E-state index >= 15 is 0 Å². The number of hydrogen-bond acceptors (Lipinski definition) is 2. The number of ether oxygens (including phenoxy) is 1. The normalized spacial score (nSPS) is 12.2. The first-order valence-corrected chi connectivity index (χ1v) is 7.26. The molecule has 2 aromatic rings. The fraction of sp³-hybridized carbons (Fsp3) is 0.250. The Hall–Kier alpha value is -1.39. The standard InChI is InChI=1S/C16H17BrFNO/c1-3-20-15-7-6-12(17)9-13(15)16(19)11-5-4-10(2)14(18)8-11/h4-9,16H,3,19H2,1-2H3. The number of nitrogens with two attached hydrogens (primary N) is 1. The quantitative estimate of drug-likeness (QED) is 0.900. The minimum atomic E-state index is -0.427. The van der Waals surface area contributed by atoms with Crippen molar-refractivity contribution in [2.45, 2.75) is 19.9 Å². The highest BCUT2D eigenvalue weighted by atomic mass is 79.9. The molecule has 0 aromatic heterocycles. The van der Waals surface area contributed by atoms with Gasteiger partial charge in [0, 0.05) is 10.0 Å². The first-order chi connectivity index (χ1) is 9.52. The molecule has 20 heavy (non-hydrogen) atoms. The topological polar surface area (TPSA) is 35.2 Å². The van der Waals surface area contributed by atoms with E-state index in [1.54, 1.807) is 13.0 Å². The second-order valence-electron chi connectivity index (χ2n) is 4.60. The zero-order valence-electron chi connectivity index (χ0n) is 11.5. The predicted octanol–water partition coefficient (Wildman–Crippen LogP) is 4.34. The van der Waals surface area contributed by atoms with Crippen molar-refractivity contribution in [1.29, 1.82) is 0 Å². The summed E-state index contributed by atoms with van der Waals surface area (Å²) < 4.78 is 20.2. The van der Waals surface area contributed by atoms with Gasteiger partial charge in [0.05, 0.1) is 12.6 Å². The zero-order valence-corrected chi connectivity index (χ0v) is 13.1. The van der Waals surface area contributed by atoms with Crippen LogP contribution in [0.5, 0.6) is 5.75 Å². The van der Waals surface area contributed by atoms with Gasteiger partial charge in [0.25, 0.3) is 0 Å². The van der Waals surface area contributed by atoms with E-state index in [-0.39, 0.29) is 5.82 Å². The monoisotopic (exact) mass is 337 g/mol. The number of aryl methyl sites for hydroxylation is 1. The average Bonchev–Trinajstić information content (AvgIpc) is 2.43. The Bertz CT molecular complexity index is 615. The van der Waals surface area contributed by atoms with Crippen LogP contribution in [0.3, 0.4) is 0 Å². The smallest absolute Gasteiger partial charge is 0.126 e. The van der Waals surface area contributed by atoms with Gasteiger partial charge >= 0.3 is 0 Å². The molecule has 1 unspecified atom stereocenters. The molecule has 4 heteroatoms. The van der Waals surface area contributed by atoms with E-state index in [0.717, 1.165) is 21.3 Å². The molecule has 0 saturated carbocycles. The highest BCUT2D eigenvalue weighted by Crippen LogP contribution is 2.31. The third-order valence-corrected chi connectivity index (χ3v) is 3.65. The molecule has 0 bridgehead atoms. The maximum atomic E-state index is 13.7. The molecule has 2 N–H and O–H groups in total. The lowest BCUT2D eigenvalue weighted by Crippen LogP contribution is -2.14. The van der Waals surface area contributed by atoms with Crippen LogP contribution in [0, 0.1) is 12.7 Å². The Morgan fingerprint density at radius 2 is 2.00 bits per heavy atom. The van der Waals surface area contributed by atoms with E-state index in [1.807, 2.05) is 31.2 Å². The molecule has 0 heterocycles.